The van der Waals surface area contributed by atoms with Crippen molar-refractivity contribution in [2.24, 2.45) is 0 Å². The fourth-order valence-corrected chi connectivity index (χ4v) is 5.83. The third-order valence-electron chi connectivity index (χ3n) is 6.19. The largest absolute Gasteiger partial charge is 0.336 e. The predicted molar refractivity (Wildman–Crippen MR) is 129 cm³/mol. The first-order chi connectivity index (χ1) is 15.9. The number of benzene rings is 2. The summed E-state index contributed by atoms with van der Waals surface area (Å²) in [5.74, 6) is -0.127. The van der Waals surface area contributed by atoms with E-state index in [1.54, 1.807) is 23.1 Å². The number of sulfonamides is 1. The van der Waals surface area contributed by atoms with Gasteiger partial charge in [-0.05, 0) is 29.8 Å². The van der Waals surface area contributed by atoms with Crippen LogP contribution in [0.25, 0.3) is 10.9 Å². The summed E-state index contributed by atoms with van der Waals surface area (Å²) in [7, 11) is -3.60. The molecule has 8 heteroatoms. The fraction of sp³-hybridized carbons (Fsp3) is 0.360. The lowest BCUT2D eigenvalue weighted by atomic mass is 10.1. The van der Waals surface area contributed by atoms with E-state index >= 15 is 0 Å². The molecule has 0 unspecified atom stereocenters. The number of hydrogen-bond acceptors (Lipinski definition) is 5. The molecule has 0 spiro atoms. The normalized spacial score (nSPS) is 15.3. The van der Waals surface area contributed by atoms with Crippen molar-refractivity contribution in [1.29, 1.82) is 0 Å². The van der Waals surface area contributed by atoms with Crippen LogP contribution in [-0.2, 0) is 16.6 Å². The molecule has 0 radical (unpaired) electrons. The second-order valence-corrected chi connectivity index (χ2v) is 10.1. The van der Waals surface area contributed by atoms with Gasteiger partial charge in [-0.3, -0.25) is 14.7 Å². The molecule has 0 N–H and O–H groups in total. The van der Waals surface area contributed by atoms with Crippen molar-refractivity contribution < 1.29 is 13.2 Å². The summed E-state index contributed by atoms with van der Waals surface area (Å²) in [6, 6.07) is 16.6. The van der Waals surface area contributed by atoms with Crippen molar-refractivity contribution >= 4 is 26.8 Å². The molecular weight excluding hydrogens is 436 g/mol. The summed E-state index contributed by atoms with van der Waals surface area (Å²) < 4.78 is 27.1. The van der Waals surface area contributed by atoms with Gasteiger partial charge in [0.05, 0.1) is 10.4 Å². The summed E-state index contributed by atoms with van der Waals surface area (Å²) in [5.41, 5.74) is 2.61. The molecular formula is C25H30N4O3S. The van der Waals surface area contributed by atoms with Crippen LogP contribution in [0.1, 0.15) is 29.8 Å². The third kappa shape index (κ3) is 4.93. The maximum absolute atomic E-state index is 13.1. The Kier molecular flexibility index (Phi) is 7.07. The van der Waals surface area contributed by atoms with Crippen LogP contribution in [0.2, 0.25) is 0 Å². The molecule has 2 aromatic carbocycles. The highest BCUT2D eigenvalue weighted by atomic mass is 32.2. The molecule has 1 aromatic heterocycles. The van der Waals surface area contributed by atoms with Crippen LogP contribution in [0, 0.1) is 0 Å². The van der Waals surface area contributed by atoms with Gasteiger partial charge in [0.1, 0.15) is 0 Å². The van der Waals surface area contributed by atoms with Gasteiger partial charge in [-0.15, -0.1) is 0 Å². The number of pyridine rings is 1. The highest BCUT2D eigenvalue weighted by Gasteiger charge is 2.26. The maximum atomic E-state index is 13.1. The number of aromatic nitrogens is 1. The van der Waals surface area contributed by atoms with Crippen molar-refractivity contribution in [3.05, 3.63) is 71.9 Å². The maximum Gasteiger partial charge on any atom is 0.253 e. The average molecular weight is 467 g/mol. The zero-order valence-corrected chi connectivity index (χ0v) is 20.0. The molecule has 7 nitrogen and oxygen atoms in total. The van der Waals surface area contributed by atoms with Gasteiger partial charge in [-0.2, -0.15) is 4.31 Å². The van der Waals surface area contributed by atoms with Crippen molar-refractivity contribution in [3.8, 4) is 0 Å². The second-order valence-electron chi connectivity index (χ2n) is 8.18. The number of para-hydroxylation sites is 1. The molecule has 1 fully saturated rings. The van der Waals surface area contributed by atoms with Gasteiger partial charge in [0.15, 0.2) is 0 Å². The first-order valence-electron chi connectivity index (χ1n) is 11.4. The van der Waals surface area contributed by atoms with E-state index in [0.717, 1.165) is 30.5 Å². The number of fused-ring (bicyclic) bond motifs is 1. The molecule has 0 bridgehead atoms. The Morgan fingerprint density at radius 3 is 2.39 bits per heavy atom. The highest BCUT2D eigenvalue weighted by molar-refractivity contribution is 7.89. The minimum absolute atomic E-state index is 0.127. The van der Waals surface area contributed by atoms with Crippen LogP contribution in [0.5, 0.6) is 0 Å². The minimum atomic E-state index is -3.60. The molecule has 1 amide bonds. The second kappa shape index (κ2) is 9.99. The van der Waals surface area contributed by atoms with E-state index in [0.29, 0.717) is 31.7 Å². The summed E-state index contributed by atoms with van der Waals surface area (Å²) in [6.07, 6.45) is 1.82. The molecule has 33 heavy (non-hydrogen) atoms. The number of rotatable bonds is 7. The zero-order chi connectivity index (χ0) is 23.4. The van der Waals surface area contributed by atoms with E-state index in [1.807, 2.05) is 26.1 Å². The molecule has 1 saturated heterocycles. The quantitative estimate of drug-likeness (QED) is 0.535. The molecule has 0 aliphatic carbocycles. The van der Waals surface area contributed by atoms with Crippen molar-refractivity contribution in [2.75, 3.05) is 39.3 Å². The molecule has 3 aromatic rings. The lowest BCUT2D eigenvalue weighted by Gasteiger charge is -2.35. The van der Waals surface area contributed by atoms with E-state index in [-0.39, 0.29) is 10.8 Å². The van der Waals surface area contributed by atoms with Crippen molar-refractivity contribution in [3.63, 3.8) is 0 Å². The van der Waals surface area contributed by atoms with Gasteiger partial charge in [0.2, 0.25) is 10.0 Å². The van der Waals surface area contributed by atoms with Gasteiger partial charge in [0.25, 0.3) is 5.91 Å². The standard InChI is InChI=1S/C25H30N4O3S/c1-3-29(4-2)33(31,32)23-12-6-9-21(18-23)25(30)28-16-14-27(15-17-28)19-22-10-5-8-20-11-7-13-26-24(20)22/h5-13,18H,3-4,14-17,19H2,1-2H3. The fourth-order valence-electron chi connectivity index (χ4n) is 4.33. The number of hydrogen-bond donors (Lipinski definition) is 0. The van der Waals surface area contributed by atoms with Gasteiger partial charge in [-0.1, -0.05) is 44.2 Å². The zero-order valence-electron chi connectivity index (χ0n) is 19.1. The molecule has 1 aliphatic rings. The van der Waals surface area contributed by atoms with E-state index in [4.69, 9.17) is 0 Å². The Balaban J connectivity index is 1.43. The van der Waals surface area contributed by atoms with Crippen LogP contribution in [-0.4, -0.2) is 72.7 Å². The minimum Gasteiger partial charge on any atom is -0.336 e. The Morgan fingerprint density at radius 2 is 1.67 bits per heavy atom. The molecule has 0 saturated carbocycles. The topological polar surface area (TPSA) is 73.8 Å². The summed E-state index contributed by atoms with van der Waals surface area (Å²) in [6.45, 7) is 7.91. The molecule has 2 heterocycles. The number of carbonyl (C=O) groups excluding carboxylic acids is 1. The van der Waals surface area contributed by atoms with Crippen molar-refractivity contribution in [1.82, 2.24) is 19.1 Å². The van der Waals surface area contributed by atoms with E-state index in [1.165, 1.54) is 15.9 Å². The monoisotopic (exact) mass is 466 g/mol. The number of carbonyl (C=O) groups is 1. The van der Waals surface area contributed by atoms with E-state index in [9.17, 15) is 13.2 Å². The summed E-state index contributed by atoms with van der Waals surface area (Å²) in [5, 5.41) is 1.13. The van der Waals surface area contributed by atoms with Crippen LogP contribution in [0.15, 0.2) is 65.7 Å². The Hall–Kier alpha value is -2.81. The average Bonchev–Trinajstić information content (AvgIpc) is 2.85. The van der Waals surface area contributed by atoms with Gasteiger partial charge < -0.3 is 4.90 Å². The summed E-state index contributed by atoms with van der Waals surface area (Å²) >= 11 is 0. The van der Waals surface area contributed by atoms with E-state index < -0.39 is 10.0 Å². The lowest BCUT2D eigenvalue weighted by Crippen LogP contribution is -2.48. The first-order valence-corrected chi connectivity index (χ1v) is 12.8. The summed E-state index contributed by atoms with van der Waals surface area (Å²) in [4.78, 5) is 22.0. The SMILES string of the molecule is CCN(CC)S(=O)(=O)c1cccc(C(=O)N2CCN(Cc3cccc4cccnc34)CC2)c1. The van der Waals surface area contributed by atoms with Crippen LogP contribution < -0.4 is 0 Å². The Labute approximate surface area is 195 Å². The predicted octanol–water partition coefficient (Wildman–Crippen LogP) is 3.22. The van der Waals surface area contributed by atoms with Gasteiger partial charge in [-0.25, -0.2) is 8.42 Å². The van der Waals surface area contributed by atoms with Gasteiger partial charge in [0, 0.05) is 63.0 Å². The number of amides is 1. The molecule has 0 atom stereocenters. The highest BCUT2D eigenvalue weighted by Crippen LogP contribution is 2.21. The Morgan fingerprint density at radius 1 is 0.970 bits per heavy atom. The van der Waals surface area contributed by atoms with Crippen LogP contribution >= 0.6 is 0 Å². The van der Waals surface area contributed by atoms with Crippen molar-refractivity contribution in [2.45, 2.75) is 25.3 Å². The number of nitrogens with zero attached hydrogens (tertiary/aromatic N) is 4. The Bertz CT molecular complexity index is 1230. The number of piperazine rings is 1. The lowest BCUT2D eigenvalue weighted by molar-refractivity contribution is 0.0628. The van der Waals surface area contributed by atoms with Crippen LogP contribution in [0.4, 0.5) is 0 Å². The third-order valence-corrected chi connectivity index (χ3v) is 8.24. The molecule has 4 rings (SSSR count). The van der Waals surface area contributed by atoms with Gasteiger partial charge >= 0.3 is 0 Å². The molecule has 174 valence electrons. The first kappa shape index (κ1) is 23.4. The molecule has 1 aliphatic heterocycles. The van der Waals surface area contributed by atoms with Crippen LogP contribution in [0.3, 0.4) is 0 Å². The van der Waals surface area contributed by atoms with E-state index in [2.05, 4.69) is 34.1 Å². The smallest absolute Gasteiger partial charge is 0.253 e.